The molecule has 0 aliphatic carbocycles. The number of fused-ring (bicyclic) bond motifs is 1. The number of anilines is 1. The molecule has 0 fully saturated rings. The molecule has 2 aromatic heterocycles. The summed E-state index contributed by atoms with van der Waals surface area (Å²) in [6.45, 7) is 0. The normalized spacial score (nSPS) is 10.6. The lowest BCUT2D eigenvalue weighted by atomic mass is 10.1. The first-order valence-electron chi connectivity index (χ1n) is 5.28. The number of pyridine rings is 1. The van der Waals surface area contributed by atoms with Crippen LogP contribution in [0.2, 0.25) is 0 Å². The third-order valence-electron chi connectivity index (χ3n) is 2.52. The molecule has 0 saturated heterocycles. The molecule has 4 nitrogen and oxygen atoms in total. The standard InChI is InChI=1S/C13H10N4/c14-13-16-10-7-4-8-15-12(10)11(17-13)9-5-2-1-3-6-9/h1-8H,(H2,14,16,17). The number of hydrogen-bond acceptors (Lipinski definition) is 4. The lowest BCUT2D eigenvalue weighted by molar-refractivity contribution is 1.21. The minimum absolute atomic E-state index is 0.268. The summed E-state index contributed by atoms with van der Waals surface area (Å²) in [5, 5.41) is 0. The van der Waals surface area contributed by atoms with E-state index in [0.717, 1.165) is 22.3 Å². The van der Waals surface area contributed by atoms with Gasteiger partial charge in [0.15, 0.2) is 0 Å². The van der Waals surface area contributed by atoms with Crippen molar-refractivity contribution < 1.29 is 0 Å². The first-order chi connectivity index (χ1) is 8.34. The Morgan fingerprint density at radius 3 is 2.53 bits per heavy atom. The van der Waals surface area contributed by atoms with Crippen molar-refractivity contribution in [2.75, 3.05) is 5.73 Å². The number of nitrogen functional groups attached to an aromatic ring is 1. The van der Waals surface area contributed by atoms with Gasteiger partial charge in [0, 0.05) is 11.8 Å². The van der Waals surface area contributed by atoms with Crippen LogP contribution in [0.1, 0.15) is 0 Å². The third-order valence-corrected chi connectivity index (χ3v) is 2.52. The molecule has 0 spiro atoms. The van der Waals surface area contributed by atoms with Crippen molar-refractivity contribution in [3.05, 3.63) is 48.7 Å². The summed E-state index contributed by atoms with van der Waals surface area (Å²) in [4.78, 5) is 12.8. The van der Waals surface area contributed by atoms with Gasteiger partial charge in [0.05, 0.1) is 5.52 Å². The second-order valence-corrected chi connectivity index (χ2v) is 3.67. The van der Waals surface area contributed by atoms with Crippen LogP contribution < -0.4 is 5.73 Å². The molecule has 0 bridgehead atoms. The van der Waals surface area contributed by atoms with E-state index in [4.69, 9.17) is 5.73 Å². The molecule has 0 aliphatic heterocycles. The van der Waals surface area contributed by atoms with Gasteiger partial charge in [0.25, 0.3) is 0 Å². The van der Waals surface area contributed by atoms with Crippen molar-refractivity contribution in [2.45, 2.75) is 0 Å². The molecule has 0 amide bonds. The number of rotatable bonds is 1. The number of benzene rings is 1. The van der Waals surface area contributed by atoms with Crippen LogP contribution in [-0.4, -0.2) is 15.0 Å². The van der Waals surface area contributed by atoms with Gasteiger partial charge in [-0.25, -0.2) is 9.97 Å². The molecule has 2 N–H and O–H groups in total. The van der Waals surface area contributed by atoms with E-state index in [0.29, 0.717) is 0 Å². The van der Waals surface area contributed by atoms with E-state index in [-0.39, 0.29) is 5.95 Å². The highest BCUT2D eigenvalue weighted by atomic mass is 15.0. The van der Waals surface area contributed by atoms with Gasteiger partial charge in [0.1, 0.15) is 11.2 Å². The summed E-state index contributed by atoms with van der Waals surface area (Å²) in [5.41, 5.74) is 9.01. The monoisotopic (exact) mass is 222 g/mol. The first kappa shape index (κ1) is 9.72. The summed E-state index contributed by atoms with van der Waals surface area (Å²) in [5.74, 6) is 0.268. The summed E-state index contributed by atoms with van der Waals surface area (Å²) < 4.78 is 0. The molecule has 0 unspecified atom stereocenters. The average Bonchev–Trinajstić information content (AvgIpc) is 2.39. The summed E-state index contributed by atoms with van der Waals surface area (Å²) in [7, 11) is 0. The van der Waals surface area contributed by atoms with Crippen LogP contribution in [0.5, 0.6) is 0 Å². The molecule has 1 aromatic carbocycles. The van der Waals surface area contributed by atoms with E-state index >= 15 is 0 Å². The third kappa shape index (κ3) is 1.69. The minimum atomic E-state index is 0.268. The molecular formula is C13H10N4. The lowest BCUT2D eigenvalue weighted by Gasteiger charge is -2.05. The van der Waals surface area contributed by atoms with Gasteiger partial charge >= 0.3 is 0 Å². The predicted molar refractivity (Wildman–Crippen MR) is 67.2 cm³/mol. The molecule has 0 saturated carbocycles. The maximum atomic E-state index is 5.71. The van der Waals surface area contributed by atoms with Gasteiger partial charge in [-0.3, -0.25) is 4.98 Å². The molecule has 4 heteroatoms. The fraction of sp³-hybridized carbons (Fsp3) is 0. The maximum Gasteiger partial charge on any atom is 0.221 e. The van der Waals surface area contributed by atoms with Gasteiger partial charge < -0.3 is 5.73 Å². The van der Waals surface area contributed by atoms with Crippen LogP contribution in [0.3, 0.4) is 0 Å². The minimum Gasteiger partial charge on any atom is -0.368 e. The van der Waals surface area contributed by atoms with Crippen molar-refractivity contribution >= 4 is 17.0 Å². The number of nitrogens with two attached hydrogens (primary N) is 1. The summed E-state index contributed by atoms with van der Waals surface area (Å²) in [6, 6.07) is 13.6. The van der Waals surface area contributed by atoms with Crippen LogP contribution in [0.25, 0.3) is 22.3 Å². The van der Waals surface area contributed by atoms with Crippen molar-refractivity contribution in [2.24, 2.45) is 0 Å². The van der Waals surface area contributed by atoms with Crippen LogP contribution in [0, 0.1) is 0 Å². The molecular weight excluding hydrogens is 212 g/mol. The largest absolute Gasteiger partial charge is 0.368 e. The molecule has 17 heavy (non-hydrogen) atoms. The Labute approximate surface area is 98.2 Å². The SMILES string of the molecule is Nc1nc(-c2ccccc2)c2ncccc2n1. The molecule has 0 radical (unpaired) electrons. The Morgan fingerprint density at radius 2 is 1.71 bits per heavy atom. The summed E-state index contributed by atoms with van der Waals surface area (Å²) in [6.07, 6.45) is 1.73. The smallest absolute Gasteiger partial charge is 0.221 e. The topological polar surface area (TPSA) is 64.7 Å². The van der Waals surface area contributed by atoms with E-state index < -0.39 is 0 Å². The second-order valence-electron chi connectivity index (χ2n) is 3.67. The van der Waals surface area contributed by atoms with E-state index in [2.05, 4.69) is 15.0 Å². The molecule has 3 aromatic rings. The Bertz CT molecular complexity index is 665. The van der Waals surface area contributed by atoms with Crippen LogP contribution in [0.4, 0.5) is 5.95 Å². The fourth-order valence-electron chi connectivity index (χ4n) is 1.78. The van der Waals surface area contributed by atoms with Crippen molar-refractivity contribution in [1.29, 1.82) is 0 Å². The van der Waals surface area contributed by atoms with E-state index in [1.165, 1.54) is 0 Å². The lowest BCUT2D eigenvalue weighted by Crippen LogP contribution is -1.98. The van der Waals surface area contributed by atoms with E-state index in [9.17, 15) is 0 Å². The Morgan fingerprint density at radius 1 is 0.882 bits per heavy atom. The highest BCUT2D eigenvalue weighted by Crippen LogP contribution is 2.24. The molecule has 0 atom stereocenters. The van der Waals surface area contributed by atoms with Crippen LogP contribution >= 0.6 is 0 Å². The number of hydrogen-bond donors (Lipinski definition) is 1. The number of aromatic nitrogens is 3. The average molecular weight is 222 g/mol. The van der Waals surface area contributed by atoms with Gasteiger partial charge in [-0.15, -0.1) is 0 Å². The first-order valence-corrected chi connectivity index (χ1v) is 5.28. The maximum absolute atomic E-state index is 5.71. The Kier molecular flexibility index (Phi) is 2.19. The van der Waals surface area contributed by atoms with Crippen molar-refractivity contribution in [3.8, 4) is 11.3 Å². The molecule has 82 valence electrons. The van der Waals surface area contributed by atoms with E-state index in [1.54, 1.807) is 6.20 Å². The highest BCUT2D eigenvalue weighted by Gasteiger charge is 2.08. The second kappa shape index (κ2) is 3.83. The van der Waals surface area contributed by atoms with Gasteiger partial charge in [-0.2, -0.15) is 0 Å². The van der Waals surface area contributed by atoms with Gasteiger partial charge in [-0.05, 0) is 12.1 Å². The quantitative estimate of drug-likeness (QED) is 0.686. The molecule has 2 heterocycles. The molecule has 3 rings (SSSR count). The van der Waals surface area contributed by atoms with Crippen molar-refractivity contribution in [3.63, 3.8) is 0 Å². The fourth-order valence-corrected chi connectivity index (χ4v) is 1.78. The zero-order valence-corrected chi connectivity index (χ0v) is 9.04. The van der Waals surface area contributed by atoms with Crippen LogP contribution in [-0.2, 0) is 0 Å². The molecule has 0 aliphatic rings. The highest BCUT2D eigenvalue weighted by molar-refractivity contribution is 5.89. The van der Waals surface area contributed by atoms with Crippen molar-refractivity contribution in [1.82, 2.24) is 15.0 Å². The van der Waals surface area contributed by atoms with E-state index in [1.807, 2.05) is 42.5 Å². The van der Waals surface area contributed by atoms with Crippen LogP contribution in [0.15, 0.2) is 48.7 Å². The van der Waals surface area contributed by atoms with Gasteiger partial charge in [-0.1, -0.05) is 30.3 Å². The predicted octanol–water partition coefficient (Wildman–Crippen LogP) is 2.27. The zero-order valence-electron chi connectivity index (χ0n) is 9.04. The summed E-state index contributed by atoms with van der Waals surface area (Å²) >= 11 is 0. The van der Waals surface area contributed by atoms with Gasteiger partial charge in [0.2, 0.25) is 5.95 Å². The Hall–Kier alpha value is -2.49. The Balaban J connectivity index is 2.36. The zero-order chi connectivity index (χ0) is 11.7. The number of nitrogens with zero attached hydrogens (tertiary/aromatic N) is 3.